The van der Waals surface area contributed by atoms with Crippen molar-refractivity contribution in [3.05, 3.63) is 66.1 Å². The number of nitrogens with zero attached hydrogens (tertiary/aromatic N) is 2. The van der Waals surface area contributed by atoms with Crippen molar-refractivity contribution in [1.82, 2.24) is 14.9 Å². The minimum absolute atomic E-state index is 0.00606. The highest BCUT2D eigenvalue weighted by Gasteiger charge is 2.14. The summed E-state index contributed by atoms with van der Waals surface area (Å²) in [5.41, 5.74) is 1.70. The van der Waals surface area contributed by atoms with Gasteiger partial charge in [-0.25, -0.2) is 13.1 Å². The van der Waals surface area contributed by atoms with Gasteiger partial charge in [0.1, 0.15) is 5.75 Å². The van der Waals surface area contributed by atoms with Crippen molar-refractivity contribution in [2.75, 3.05) is 12.9 Å². The molecule has 3 rings (SSSR count). The van der Waals surface area contributed by atoms with E-state index in [2.05, 4.69) is 14.9 Å². The van der Waals surface area contributed by atoms with Gasteiger partial charge < -0.3 is 9.26 Å². The summed E-state index contributed by atoms with van der Waals surface area (Å²) in [4.78, 5) is 4.22. The predicted octanol–water partition coefficient (Wildman–Crippen LogP) is 2.41. The Bertz CT molecular complexity index is 955. The van der Waals surface area contributed by atoms with E-state index in [4.69, 9.17) is 9.26 Å². The molecule has 2 aromatic carbocycles. The van der Waals surface area contributed by atoms with Crippen LogP contribution < -0.4 is 9.46 Å². The molecule has 0 unspecified atom stereocenters. The third-order valence-electron chi connectivity index (χ3n) is 3.74. The van der Waals surface area contributed by atoms with E-state index < -0.39 is 10.0 Å². The van der Waals surface area contributed by atoms with Gasteiger partial charge >= 0.3 is 0 Å². The summed E-state index contributed by atoms with van der Waals surface area (Å²) in [5, 5.41) is 3.88. The van der Waals surface area contributed by atoms with Gasteiger partial charge in [-0.15, -0.1) is 0 Å². The van der Waals surface area contributed by atoms with Crippen LogP contribution in [0.4, 0.5) is 0 Å². The number of aryl methyl sites for hydroxylation is 1. The number of sulfonamides is 1. The van der Waals surface area contributed by atoms with Gasteiger partial charge in [0.15, 0.2) is 0 Å². The highest BCUT2D eigenvalue weighted by atomic mass is 32.2. The smallest absolute Gasteiger partial charge is 0.242 e. The fourth-order valence-corrected chi connectivity index (χ4v) is 3.34. The van der Waals surface area contributed by atoms with E-state index in [1.807, 2.05) is 48.5 Å². The number of ether oxygens (including phenoxy) is 1. The first-order valence-corrected chi connectivity index (χ1v) is 9.69. The first-order valence-electron chi connectivity index (χ1n) is 8.04. The Kier molecular flexibility index (Phi) is 5.65. The van der Waals surface area contributed by atoms with Gasteiger partial charge in [-0.3, -0.25) is 0 Å². The number of aromatic nitrogens is 2. The Balaban J connectivity index is 1.58. The maximum absolute atomic E-state index is 12.1. The van der Waals surface area contributed by atoms with Gasteiger partial charge in [-0.2, -0.15) is 4.98 Å². The molecular formula is C18H19N3O4S. The zero-order valence-corrected chi connectivity index (χ0v) is 15.1. The third-order valence-corrected chi connectivity index (χ3v) is 5.07. The van der Waals surface area contributed by atoms with E-state index in [9.17, 15) is 8.42 Å². The molecule has 0 saturated heterocycles. The average molecular weight is 373 g/mol. The molecule has 0 fully saturated rings. The van der Waals surface area contributed by atoms with Crippen LogP contribution in [0.25, 0.3) is 11.4 Å². The van der Waals surface area contributed by atoms with Gasteiger partial charge in [0.2, 0.25) is 21.7 Å². The normalized spacial score (nSPS) is 11.4. The number of benzene rings is 2. The molecule has 0 aliphatic carbocycles. The molecule has 0 saturated carbocycles. The van der Waals surface area contributed by atoms with E-state index in [-0.39, 0.29) is 18.2 Å². The second-order valence-corrected chi connectivity index (χ2v) is 7.55. The van der Waals surface area contributed by atoms with Gasteiger partial charge in [0.25, 0.3) is 0 Å². The molecule has 26 heavy (non-hydrogen) atoms. The van der Waals surface area contributed by atoms with Crippen LogP contribution in [-0.4, -0.2) is 31.4 Å². The Morgan fingerprint density at radius 3 is 2.69 bits per heavy atom. The number of hydrogen-bond donors (Lipinski definition) is 1. The number of nitrogens with one attached hydrogen (secondary N) is 1. The first-order chi connectivity index (χ1) is 12.6. The van der Waals surface area contributed by atoms with Crippen molar-refractivity contribution in [1.29, 1.82) is 0 Å². The lowest BCUT2D eigenvalue weighted by atomic mass is 10.2. The van der Waals surface area contributed by atoms with Crippen molar-refractivity contribution in [3.8, 4) is 17.1 Å². The number of methoxy groups -OCH3 is 1. The fraction of sp³-hybridized carbons (Fsp3) is 0.222. The van der Waals surface area contributed by atoms with E-state index >= 15 is 0 Å². The van der Waals surface area contributed by atoms with Gasteiger partial charge in [0, 0.05) is 5.56 Å². The molecule has 7 nitrogen and oxygen atoms in total. The van der Waals surface area contributed by atoms with Crippen LogP contribution in [0.3, 0.4) is 0 Å². The SMILES string of the molecule is COc1cccc(-c2noc(CNS(=O)(=O)CCc3ccccc3)n2)c1. The van der Waals surface area contributed by atoms with Crippen molar-refractivity contribution in [2.24, 2.45) is 0 Å². The Morgan fingerprint density at radius 1 is 1.12 bits per heavy atom. The molecule has 1 N–H and O–H groups in total. The summed E-state index contributed by atoms with van der Waals surface area (Å²) in [6.07, 6.45) is 0.440. The average Bonchev–Trinajstić information content (AvgIpc) is 3.15. The highest BCUT2D eigenvalue weighted by Crippen LogP contribution is 2.21. The Morgan fingerprint density at radius 2 is 1.92 bits per heavy atom. The summed E-state index contributed by atoms with van der Waals surface area (Å²) in [6, 6.07) is 16.7. The standard InChI is InChI=1S/C18H19N3O4S/c1-24-16-9-5-8-15(12-16)18-20-17(25-21-18)13-19-26(22,23)11-10-14-6-3-2-4-7-14/h2-9,12,19H,10-11,13H2,1H3. The maximum atomic E-state index is 12.1. The van der Waals surface area contributed by atoms with Crippen LogP contribution in [0.2, 0.25) is 0 Å². The van der Waals surface area contributed by atoms with Crippen LogP contribution in [-0.2, 0) is 23.0 Å². The Hall–Kier alpha value is -2.71. The van der Waals surface area contributed by atoms with E-state index in [0.29, 0.717) is 18.0 Å². The maximum Gasteiger partial charge on any atom is 0.242 e. The van der Waals surface area contributed by atoms with Crippen molar-refractivity contribution >= 4 is 10.0 Å². The van der Waals surface area contributed by atoms with E-state index in [1.165, 1.54) is 0 Å². The van der Waals surface area contributed by atoms with Gasteiger partial charge in [-0.1, -0.05) is 47.6 Å². The third kappa shape index (κ3) is 4.90. The molecule has 0 radical (unpaired) electrons. The molecule has 136 valence electrons. The minimum atomic E-state index is -3.44. The molecule has 0 aliphatic heterocycles. The van der Waals surface area contributed by atoms with Crippen LogP contribution in [0.15, 0.2) is 59.1 Å². The minimum Gasteiger partial charge on any atom is -0.497 e. The molecule has 0 aliphatic rings. The molecule has 0 bridgehead atoms. The van der Waals surface area contributed by atoms with E-state index in [1.54, 1.807) is 13.2 Å². The first kappa shape index (κ1) is 18.1. The summed E-state index contributed by atoms with van der Waals surface area (Å²) in [5.74, 6) is 1.25. The summed E-state index contributed by atoms with van der Waals surface area (Å²) >= 11 is 0. The fourth-order valence-electron chi connectivity index (χ4n) is 2.35. The molecule has 0 atom stereocenters. The molecule has 1 aromatic heterocycles. The summed E-state index contributed by atoms with van der Waals surface area (Å²) in [7, 11) is -1.87. The van der Waals surface area contributed by atoms with Crippen molar-refractivity contribution in [2.45, 2.75) is 13.0 Å². The van der Waals surface area contributed by atoms with Crippen LogP contribution in [0, 0.1) is 0 Å². The summed E-state index contributed by atoms with van der Waals surface area (Å²) < 4.78 is 37.0. The lowest BCUT2D eigenvalue weighted by Gasteiger charge is -2.04. The topological polar surface area (TPSA) is 94.3 Å². The monoisotopic (exact) mass is 373 g/mol. The van der Waals surface area contributed by atoms with Crippen LogP contribution >= 0.6 is 0 Å². The quantitative estimate of drug-likeness (QED) is 0.652. The van der Waals surface area contributed by atoms with Crippen LogP contribution in [0.5, 0.6) is 5.75 Å². The largest absolute Gasteiger partial charge is 0.497 e. The lowest BCUT2D eigenvalue weighted by Crippen LogP contribution is -2.27. The second-order valence-electron chi connectivity index (χ2n) is 5.62. The van der Waals surface area contributed by atoms with Gasteiger partial charge in [0.05, 0.1) is 19.4 Å². The number of hydrogen-bond acceptors (Lipinski definition) is 6. The molecule has 0 spiro atoms. The second kappa shape index (κ2) is 8.11. The summed E-state index contributed by atoms with van der Waals surface area (Å²) in [6.45, 7) is -0.0475. The number of rotatable bonds is 8. The predicted molar refractivity (Wildman–Crippen MR) is 97.1 cm³/mol. The Labute approximate surface area is 152 Å². The molecule has 8 heteroatoms. The highest BCUT2D eigenvalue weighted by molar-refractivity contribution is 7.89. The molecule has 0 amide bonds. The van der Waals surface area contributed by atoms with E-state index in [0.717, 1.165) is 11.1 Å². The van der Waals surface area contributed by atoms with Gasteiger partial charge in [-0.05, 0) is 24.1 Å². The lowest BCUT2D eigenvalue weighted by molar-refractivity contribution is 0.376. The molecule has 1 heterocycles. The zero-order valence-electron chi connectivity index (χ0n) is 14.3. The molecule has 3 aromatic rings. The van der Waals surface area contributed by atoms with Crippen LogP contribution in [0.1, 0.15) is 11.5 Å². The molecular weight excluding hydrogens is 354 g/mol. The van der Waals surface area contributed by atoms with Crippen molar-refractivity contribution < 1.29 is 17.7 Å². The zero-order chi connectivity index (χ0) is 18.4. The van der Waals surface area contributed by atoms with Crippen molar-refractivity contribution in [3.63, 3.8) is 0 Å².